The van der Waals surface area contributed by atoms with E-state index in [1.54, 1.807) is 0 Å². The largest absolute Gasteiger partial charge is 0.310 e. The van der Waals surface area contributed by atoms with Crippen molar-refractivity contribution < 1.29 is 0 Å². The maximum Gasteiger partial charge on any atom is 0.0701 e. The molecule has 2 aromatic rings. The van der Waals surface area contributed by atoms with Gasteiger partial charge in [0.1, 0.15) is 0 Å². The molecule has 1 atom stereocenters. The van der Waals surface area contributed by atoms with E-state index < -0.39 is 0 Å². The highest BCUT2D eigenvalue weighted by Crippen LogP contribution is 2.27. The molecule has 0 aliphatic rings. The molecule has 108 valence electrons. The molecule has 0 saturated carbocycles. The van der Waals surface area contributed by atoms with E-state index in [2.05, 4.69) is 71.3 Å². The van der Waals surface area contributed by atoms with E-state index in [4.69, 9.17) is 0 Å². The van der Waals surface area contributed by atoms with E-state index >= 15 is 0 Å². The normalized spacial score (nSPS) is 12.6. The maximum absolute atomic E-state index is 4.48. The molecule has 0 bridgehead atoms. The molecule has 0 radical (unpaired) electrons. The van der Waals surface area contributed by atoms with Crippen molar-refractivity contribution in [3.05, 3.63) is 49.9 Å². The van der Waals surface area contributed by atoms with E-state index in [9.17, 15) is 0 Å². The van der Waals surface area contributed by atoms with Crippen LogP contribution in [0.25, 0.3) is 0 Å². The quantitative estimate of drug-likeness (QED) is 0.806. The predicted molar refractivity (Wildman–Crippen MR) is 90.5 cm³/mol. The van der Waals surface area contributed by atoms with Crippen molar-refractivity contribution in [1.82, 2.24) is 10.3 Å². The van der Waals surface area contributed by atoms with E-state index in [-0.39, 0.29) is 0 Å². The van der Waals surface area contributed by atoms with Crippen LogP contribution in [0, 0.1) is 13.8 Å². The molecule has 0 spiro atoms. The van der Waals surface area contributed by atoms with Gasteiger partial charge in [-0.25, -0.2) is 0 Å². The molecule has 0 fully saturated rings. The van der Waals surface area contributed by atoms with Crippen molar-refractivity contribution in [2.45, 2.75) is 39.7 Å². The van der Waals surface area contributed by atoms with Gasteiger partial charge in [-0.05, 0) is 72.6 Å². The number of nitrogens with one attached hydrogen (secondary N) is 1. The molecule has 4 heteroatoms. The van der Waals surface area contributed by atoms with Crippen LogP contribution in [0.5, 0.6) is 0 Å². The number of thiophene rings is 1. The minimum absolute atomic E-state index is 0.362. The zero-order valence-corrected chi connectivity index (χ0v) is 14.6. The van der Waals surface area contributed by atoms with Crippen molar-refractivity contribution in [3.63, 3.8) is 0 Å². The van der Waals surface area contributed by atoms with Gasteiger partial charge in [0.05, 0.1) is 3.79 Å². The first-order valence-electron chi connectivity index (χ1n) is 7.01. The third-order valence-corrected chi connectivity index (χ3v) is 4.83. The van der Waals surface area contributed by atoms with Gasteiger partial charge in [-0.2, -0.15) is 0 Å². The second-order valence-corrected chi connectivity index (χ2v) is 7.65. The Morgan fingerprint density at radius 3 is 2.50 bits per heavy atom. The summed E-state index contributed by atoms with van der Waals surface area (Å²) in [5.41, 5.74) is 3.53. The predicted octanol–water partition coefficient (Wildman–Crippen LogP) is 4.81. The summed E-state index contributed by atoms with van der Waals surface area (Å²) >= 11 is 5.36. The number of rotatable bonds is 6. The average molecular weight is 353 g/mol. The molecule has 0 aliphatic heterocycles. The van der Waals surface area contributed by atoms with Crippen molar-refractivity contribution in [3.8, 4) is 0 Å². The van der Waals surface area contributed by atoms with Crippen LogP contribution in [0.3, 0.4) is 0 Å². The Labute approximate surface area is 133 Å². The van der Waals surface area contributed by atoms with Crippen molar-refractivity contribution in [1.29, 1.82) is 0 Å². The highest BCUT2D eigenvalue weighted by atomic mass is 79.9. The van der Waals surface area contributed by atoms with E-state index in [1.807, 2.05) is 11.3 Å². The summed E-state index contributed by atoms with van der Waals surface area (Å²) < 4.78 is 1.20. The van der Waals surface area contributed by atoms with Crippen LogP contribution >= 0.6 is 27.3 Å². The molecule has 2 rings (SSSR count). The molecular weight excluding hydrogens is 332 g/mol. The van der Waals surface area contributed by atoms with Gasteiger partial charge in [0.2, 0.25) is 0 Å². The van der Waals surface area contributed by atoms with Crippen LogP contribution in [0.2, 0.25) is 0 Å². The Morgan fingerprint density at radius 1 is 1.25 bits per heavy atom. The minimum atomic E-state index is 0.362. The molecule has 2 aromatic heterocycles. The molecule has 0 aliphatic carbocycles. The molecule has 0 aromatic carbocycles. The zero-order chi connectivity index (χ0) is 14.5. The van der Waals surface area contributed by atoms with Crippen LogP contribution in [-0.4, -0.2) is 11.5 Å². The second-order valence-electron chi connectivity index (χ2n) is 5.10. The highest BCUT2D eigenvalue weighted by molar-refractivity contribution is 9.11. The minimum Gasteiger partial charge on any atom is -0.310 e. The van der Waals surface area contributed by atoms with Gasteiger partial charge < -0.3 is 5.32 Å². The van der Waals surface area contributed by atoms with E-state index in [0.717, 1.165) is 30.8 Å². The smallest absolute Gasteiger partial charge is 0.0701 e. The first kappa shape index (κ1) is 15.7. The summed E-state index contributed by atoms with van der Waals surface area (Å²) in [6, 6.07) is 9.09. The highest BCUT2D eigenvalue weighted by Gasteiger charge is 2.14. The lowest BCUT2D eigenvalue weighted by Crippen LogP contribution is -2.24. The van der Waals surface area contributed by atoms with Crippen LogP contribution < -0.4 is 5.32 Å². The van der Waals surface area contributed by atoms with Crippen LogP contribution in [0.4, 0.5) is 0 Å². The van der Waals surface area contributed by atoms with Gasteiger partial charge in [0.25, 0.3) is 0 Å². The molecule has 2 heterocycles. The maximum atomic E-state index is 4.48. The molecule has 0 saturated heterocycles. The second kappa shape index (κ2) is 7.34. The fraction of sp³-hybridized carbons (Fsp3) is 0.438. The number of halogens is 1. The first-order chi connectivity index (χ1) is 9.58. The Bertz CT molecular complexity index is 545. The molecule has 20 heavy (non-hydrogen) atoms. The zero-order valence-electron chi connectivity index (χ0n) is 12.2. The van der Waals surface area contributed by atoms with Crippen molar-refractivity contribution in [2.75, 3.05) is 6.54 Å². The summed E-state index contributed by atoms with van der Waals surface area (Å²) in [5.74, 6) is 0. The first-order valence-corrected chi connectivity index (χ1v) is 8.62. The standard InChI is InChI=1S/C16H21BrN2S/c1-4-7-18-15(10-14-5-6-16(17)20-14)13-8-11(2)19-12(3)9-13/h5-6,8-9,15,18H,4,7,10H2,1-3H3. The Hall–Kier alpha value is -0.710. The topological polar surface area (TPSA) is 24.9 Å². The van der Waals surface area contributed by atoms with Crippen molar-refractivity contribution >= 4 is 27.3 Å². The lowest BCUT2D eigenvalue weighted by molar-refractivity contribution is 0.531. The Morgan fingerprint density at radius 2 is 1.95 bits per heavy atom. The van der Waals surface area contributed by atoms with Gasteiger partial charge in [-0.3, -0.25) is 4.98 Å². The number of aromatic nitrogens is 1. The number of nitrogens with zero attached hydrogens (tertiary/aromatic N) is 1. The molecule has 0 amide bonds. The molecular formula is C16H21BrN2S. The monoisotopic (exact) mass is 352 g/mol. The summed E-state index contributed by atoms with van der Waals surface area (Å²) in [6.07, 6.45) is 2.17. The van der Waals surface area contributed by atoms with Gasteiger partial charge in [0.15, 0.2) is 0 Å². The Balaban J connectivity index is 2.21. The lowest BCUT2D eigenvalue weighted by atomic mass is 10.0. The number of hydrogen-bond donors (Lipinski definition) is 1. The van der Waals surface area contributed by atoms with Crippen LogP contribution in [0.1, 0.15) is 41.2 Å². The number of hydrogen-bond acceptors (Lipinski definition) is 3. The fourth-order valence-corrected chi connectivity index (χ4v) is 3.89. The summed E-state index contributed by atoms with van der Waals surface area (Å²) in [5, 5.41) is 3.66. The molecule has 1 unspecified atom stereocenters. The van der Waals surface area contributed by atoms with Crippen LogP contribution in [-0.2, 0) is 6.42 Å². The van der Waals surface area contributed by atoms with Crippen molar-refractivity contribution in [2.24, 2.45) is 0 Å². The summed E-state index contributed by atoms with van der Waals surface area (Å²) in [6.45, 7) is 7.37. The number of pyridine rings is 1. The summed E-state index contributed by atoms with van der Waals surface area (Å²) in [7, 11) is 0. The van der Waals surface area contributed by atoms with E-state index in [1.165, 1.54) is 14.2 Å². The van der Waals surface area contributed by atoms with Gasteiger partial charge in [-0.15, -0.1) is 11.3 Å². The third kappa shape index (κ3) is 4.40. The summed E-state index contributed by atoms with van der Waals surface area (Å²) in [4.78, 5) is 5.88. The Kier molecular flexibility index (Phi) is 5.75. The molecule has 2 nitrogen and oxygen atoms in total. The van der Waals surface area contributed by atoms with E-state index in [0.29, 0.717) is 6.04 Å². The fourth-order valence-electron chi connectivity index (χ4n) is 2.36. The molecule has 1 N–H and O–H groups in total. The van der Waals surface area contributed by atoms with Gasteiger partial charge in [0, 0.05) is 28.7 Å². The van der Waals surface area contributed by atoms with Crippen LogP contribution in [0.15, 0.2) is 28.1 Å². The van der Waals surface area contributed by atoms with Gasteiger partial charge in [-0.1, -0.05) is 6.92 Å². The van der Waals surface area contributed by atoms with Gasteiger partial charge >= 0.3 is 0 Å². The number of aryl methyl sites for hydroxylation is 2. The third-order valence-electron chi connectivity index (χ3n) is 3.18. The average Bonchev–Trinajstić information content (AvgIpc) is 2.79. The lowest BCUT2D eigenvalue weighted by Gasteiger charge is -2.19. The SMILES string of the molecule is CCCNC(Cc1ccc(Br)s1)c1cc(C)nc(C)c1.